The van der Waals surface area contributed by atoms with Gasteiger partial charge in [0.05, 0.1) is 5.56 Å². The number of fused-ring (bicyclic) bond motifs is 1. The molecule has 0 aromatic carbocycles. The van der Waals surface area contributed by atoms with Crippen LogP contribution in [0.4, 0.5) is 5.82 Å². The second-order valence-electron chi connectivity index (χ2n) is 6.19. The topological polar surface area (TPSA) is 66.0 Å². The van der Waals surface area contributed by atoms with Crippen molar-refractivity contribution in [1.29, 1.82) is 5.41 Å². The van der Waals surface area contributed by atoms with Gasteiger partial charge in [-0.1, -0.05) is 13.8 Å². The van der Waals surface area contributed by atoms with Crippen molar-refractivity contribution in [2.45, 2.75) is 46.0 Å². The minimum absolute atomic E-state index is 0.122. The van der Waals surface area contributed by atoms with Gasteiger partial charge >= 0.3 is 0 Å². The Hall–Kier alpha value is -1.58. The van der Waals surface area contributed by atoms with E-state index in [1.165, 1.54) is 24.1 Å². The fourth-order valence-electron chi connectivity index (χ4n) is 2.67. The first kappa shape index (κ1) is 14.8. The van der Waals surface area contributed by atoms with Gasteiger partial charge in [-0.3, -0.25) is 5.41 Å². The summed E-state index contributed by atoms with van der Waals surface area (Å²) in [5, 5.41) is 7.81. The average Bonchev–Trinajstić information content (AvgIpc) is 2.43. The molecule has 3 N–H and O–H groups in total. The molecule has 0 fully saturated rings. The fraction of sp³-hybridized carbons (Fsp3) is 0.625. The van der Waals surface area contributed by atoms with Gasteiger partial charge in [0.25, 0.3) is 0 Å². The molecule has 20 heavy (non-hydrogen) atoms. The van der Waals surface area contributed by atoms with Crippen LogP contribution in [0.3, 0.4) is 0 Å². The molecule has 1 aromatic heterocycles. The maximum absolute atomic E-state index is 7.81. The summed E-state index contributed by atoms with van der Waals surface area (Å²) in [5.41, 5.74) is 9.03. The molecule has 0 radical (unpaired) electrons. The van der Waals surface area contributed by atoms with Gasteiger partial charge in [0.2, 0.25) is 0 Å². The number of aryl methyl sites for hydroxylation is 2. The molecule has 0 aliphatic heterocycles. The van der Waals surface area contributed by atoms with Crippen molar-refractivity contribution in [3.05, 3.63) is 22.9 Å². The van der Waals surface area contributed by atoms with Crippen molar-refractivity contribution in [2.75, 3.05) is 18.5 Å². The Morgan fingerprint density at radius 3 is 2.75 bits per heavy atom. The molecule has 1 aliphatic carbocycles. The van der Waals surface area contributed by atoms with E-state index in [0.29, 0.717) is 5.92 Å². The van der Waals surface area contributed by atoms with Gasteiger partial charge in [-0.25, -0.2) is 4.98 Å². The molecule has 1 heterocycles. The first-order valence-electron chi connectivity index (χ1n) is 7.57. The van der Waals surface area contributed by atoms with E-state index in [1.54, 1.807) is 0 Å². The fourth-order valence-corrected chi connectivity index (χ4v) is 2.67. The van der Waals surface area contributed by atoms with E-state index in [0.717, 1.165) is 37.2 Å². The molecule has 0 saturated carbocycles. The Morgan fingerprint density at radius 2 is 2.10 bits per heavy atom. The summed E-state index contributed by atoms with van der Waals surface area (Å²) < 4.78 is 0. The molecule has 0 spiro atoms. The molecule has 0 amide bonds. The number of nitrogens with one attached hydrogen (secondary N) is 1. The Kier molecular flexibility index (Phi) is 4.63. The van der Waals surface area contributed by atoms with E-state index in [9.17, 15) is 0 Å². The standard InChI is InChI=1S/C16H26N4/c1-11(2)8-9-20(3)16-13(15(17)18)10-12-6-4-5-7-14(12)19-16/h10-11H,4-9H2,1-3H3,(H3,17,18). The summed E-state index contributed by atoms with van der Waals surface area (Å²) >= 11 is 0. The lowest BCUT2D eigenvalue weighted by Gasteiger charge is -2.25. The molecule has 0 atom stereocenters. The van der Waals surface area contributed by atoms with Crippen LogP contribution in [0.15, 0.2) is 6.07 Å². The summed E-state index contributed by atoms with van der Waals surface area (Å²) in [7, 11) is 2.05. The third kappa shape index (κ3) is 3.30. The van der Waals surface area contributed by atoms with E-state index in [4.69, 9.17) is 16.1 Å². The van der Waals surface area contributed by atoms with Crippen LogP contribution in [0.5, 0.6) is 0 Å². The second-order valence-corrected chi connectivity index (χ2v) is 6.19. The molecular formula is C16H26N4. The minimum atomic E-state index is 0.122. The summed E-state index contributed by atoms with van der Waals surface area (Å²) in [5.74, 6) is 1.66. The number of nitrogens with two attached hydrogens (primary N) is 1. The van der Waals surface area contributed by atoms with Crippen LogP contribution in [-0.4, -0.2) is 24.4 Å². The number of nitrogens with zero attached hydrogens (tertiary/aromatic N) is 2. The number of hydrogen-bond acceptors (Lipinski definition) is 3. The molecule has 0 unspecified atom stereocenters. The molecule has 4 heteroatoms. The molecular weight excluding hydrogens is 248 g/mol. The third-order valence-electron chi connectivity index (χ3n) is 3.97. The van der Waals surface area contributed by atoms with Gasteiger partial charge in [0.1, 0.15) is 11.7 Å². The summed E-state index contributed by atoms with van der Waals surface area (Å²) in [6.07, 6.45) is 5.67. The molecule has 1 aromatic rings. The van der Waals surface area contributed by atoms with Crippen molar-refractivity contribution in [1.82, 2.24) is 4.98 Å². The monoisotopic (exact) mass is 274 g/mol. The highest BCUT2D eigenvalue weighted by atomic mass is 15.2. The Bertz CT molecular complexity index is 493. The number of anilines is 1. The van der Waals surface area contributed by atoms with Crippen LogP contribution in [0.25, 0.3) is 0 Å². The largest absolute Gasteiger partial charge is 0.384 e. The van der Waals surface area contributed by atoms with Crippen LogP contribution in [0, 0.1) is 11.3 Å². The minimum Gasteiger partial charge on any atom is -0.384 e. The van der Waals surface area contributed by atoms with E-state index in [1.807, 2.05) is 7.05 Å². The van der Waals surface area contributed by atoms with Crippen molar-refractivity contribution in [2.24, 2.45) is 11.7 Å². The predicted molar refractivity (Wildman–Crippen MR) is 84.6 cm³/mol. The number of nitrogen functional groups attached to an aromatic ring is 1. The predicted octanol–water partition coefficient (Wildman–Crippen LogP) is 2.73. The van der Waals surface area contributed by atoms with Crippen LogP contribution in [0.1, 0.15) is 49.9 Å². The molecule has 1 aliphatic rings. The average molecular weight is 274 g/mol. The maximum Gasteiger partial charge on any atom is 0.139 e. The Morgan fingerprint density at radius 1 is 1.40 bits per heavy atom. The van der Waals surface area contributed by atoms with Gasteiger partial charge in [-0.15, -0.1) is 0 Å². The van der Waals surface area contributed by atoms with Gasteiger partial charge in [0, 0.05) is 19.3 Å². The molecule has 0 saturated heterocycles. The van der Waals surface area contributed by atoms with E-state index in [2.05, 4.69) is 24.8 Å². The first-order chi connectivity index (χ1) is 9.49. The van der Waals surface area contributed by atoms with Crippen molar-refractivity contribution >= 4 is 11.7 Å². The molecule has 4 nitrogen and oxygen atoms in total. The maximum atomic E-state index is 7.81. The highest BCUT2D eigenvalue weighted by Gasteiger charge is 2.18. The highest BCUT2D eigenvalue weighted by Crippen LogP contribution is 2.26. The number of hydrogen-bond donors (Lipinski definition) is 2. The zero-order valence-electron chi connectivity index (χ0n) is 12.9. The van der Waals surface area contributed by atoms with Crippen LogP contribution >= 0.6 is 0 Å². The van der Waals surface area contributed by atoms with Crippen LogP contribution in [-0.2, 0) is 12.8 Å². The van der Waals surface area contributed by atoms with E-state index in [-0.39, 0.29) is 5.84 Å². The highest BCUT2D eigenvalue weighted by molar-refractivity contribution is 5.99. The Labute approximate surface area is 121 Å². The van der Waals surface area contributed by atoms with Crippen molar-refractivity contribution < 1.29 is 0 Å². The Balaban J connectivity index is 2.32. The lowest BCUT2D eigenvalue weighted by atomic mass is 9.94. The normalized spacial score (nSPS) is 14.2. The smallest absolute Gasteiger partial charge is 0.139 e. The SMILES string of the molecule is CC(C)CCN(C)c1nc2c(cc1C(=N)N)CCCC2. The van der Waals surface area contributed by atoms with Crippen LogP contribution < -0.4 is 10.6 Å². The van der Waals surface area contributed by atoms with E-state index < -0.39 is 0 Å². The van der Waals surface area contributed by atoms with Crippen LogP contribution in [0.2, 0.25) is 0 Å². The van der Waals surface area contributed by atoms with Gasteiger partial charge in [-0.05, 0) is 49.7 Å². The lowest BCUT2D eigenvalue weighted by molar-refractivity contribution is 0.582. The van der Waals surface area contributed by atoms with Gasteiger partial charge in [-0.2, -0.15) is 0 Å². The van der Waals surface area contributed by atoms with Gasteiger partial charge in [0.15, 0.2) is 0 Å². The first-order valence-corrected chi connectivity index (χ1v) is 7.57. The molecule has 0 bridgehead atoms. The van der Waals surface area contributed by atoms with Crippen molar-refractivity contribution in [3.8, 4) is 0 Å². The summed E-state index contributed by atoms with van der Waals surface area (Å²) in [6, 6.07) is 2.09. The second kappa shape index (κ2) is 6.25. The third-order valence-corrected chi connectivity index (χ3v) is 3.97. The quantitative estimate of drug-likeness (QED) is 0.641. The number of amidine groups is 1. The molecule has 2 rings (SSSR count). The zero-order chi connectivity index (χ0) is 14.7. The molecule has 110 valence electrons. The number of pyridine rings is 1. The van der Waals surface area contributed by atoms with Crippen molar-refractivity contribution in [3.63, 3.8) is 0 Å². The summed E-state index contributed by atoms with van der Waals surface area (Å²) in [6.45, 7) is 5.39. The summed E-state index contributed by atoms with van der Waals surface area (Å²) in [4.78, 5) is 6.96. The number of rotatable bonds is 5. The van der Waals surface area contributed by atoms with E-state index >= 15 is 0 Å². The zero-order valence-corrected chi connectivity index (χ0v) is 12.9. The lowest BCUT2D eigenvalue weighted by Crippen LogP contribution is -2.27. The van der Waals surface area contributed by atoms with Gasteiger partial charge < -0.3 is 10.6 Å². The number of aromatic nitrogens is 1.